The first-order chi connectivity index (χ1) is 10.7. The molecule has 0 bridgehead atoms. The van der Waals surface area contributed by atoms with Crippen molar-refractivity contribution >= 4 is 12.2 Å². The van der Waals surface area contributed by atoms with Crippen LogP contribution in [0.3, 0.4) is 0 Å². The largest absolute Gasteiger partial charge is 0.527 e. The molecule has 1 aliphatic carbocycles. The summed E-state index contributed by atoms with van der Waals surface area (Å²) in [6.45, 7) is 6.32. The Kier molecular flexibility index (Phi) is 5.68. The highest BCUT2D eigenvalue weighted by atomic mass is 16.6. The Hall–Kier alpha value is -1.14. The SMILES string of the molecule is CC(C)(C)OC(=O)[N+]1(C(=O)O)CC[C@@H](OCC2CCCCC2)C1. The molecular formula is C17H30NO5+. The van der Waals surface area contributed by atoms with Gasteiger partial charge in [0.25, 0.3) is 0 Å². The maximum absolute atomic E-state index is 12.4. The number of nitrogens with zero attached hydrogens (tertiary/aromatic N) is 1. The number of carboxylic acid groups (broad SMARTS) is 1. The van der Waals surface area contributed by atoms with Crippen LogP contribution in [0.25, 0.3) is 0 Å². The van der Waals surface area contributed by atoms with Crippen molar-refractivity contribution in [1.29, 1.82) is 0 Å². The Morgan fingerprint density at radius 1 is 1.13 bits per heavy atom. The highest BCUT2D eigenvalue weighted by Crippen LogP contribution is 2.29. The molecule has 1 heterocycles. The molecule has 0 aromatic heterocycles. The van der Waals surface area contributed by atoms with Gasteiger partial charge in [-0.1, -0.05) is 19.3 Å². The van der Waals surface area contributed by atoms with Gasteiger partial charge in [0.2, 0.25) is 0 Å². The highest BCUT2D eigenvalue weighted by Gasteiger charge is 2.54. The van der Waals surface area contributed by atoms with Crippen LogP contribution in [0.2, 0.25) is 0 Å². The Morgan fingerprint density at radius 2 is 1.78 bits per heavy atom. The van der Waals surface area contributed by atoms with E-state index in [1.807, 2.05) is 0 Å². The molecule has 0 spiro atoms. The molecular weight excluding hydrogens is 298 g/mol. The second-order valence-corrected chi connectivity index (χ2v) is 7.89. The van der Waals surface area contributed by atoms with E-state index < -0.39 is 22.3 Å². The van der Waals surface area contributed by atoms with E-state index in [-0.39, 0.29) is 19.2 Å². The molecule has 23 heavy (non-hydrogen) atoms. The number of likely N-dealkylation sites (tertiary alicyclic amines) is 1. The summed E-state index contributed by atoms with van der Waals surface area (Å²) in [5.41, 5.74) is -0.696. The van der Waals surface area contributed by atoms with Gasteiger partial charge in [0.1, 0.15) is 24.8 Å². The first kappa shape index (κ1) is 18.2. The summed E-state index contributed by atoms with van der Waals surface area (Å²) in [6, 6.07) is 0. The van der Waals surface area contributed by atoms with Crippen molar-refractivity contribution in [2.24, 2.45) is 5.92 Å². The van der Waals surface area contributed by atoms with Crippen molar-refractivity contribution in [3.8, 4) is 0 Å². The molecule has 0 radical (unpaired) electrons. The van der Waals surface area contributed by atoms with Gasteiger partial charge in [0.05, 0.1) is 6.61 Å². The van der Waals surface area contributed by atoms with Gasteiger partial charge in [-0.15, -0.1) is 4.48 Å². The van der Waals surface area contributed by atoms with Crippen LogP contribution in [0.5, 0.6) is 0 Å². The summed E-state index contributed by atoms with van der Waals surface area (Å²) >= 11 is 0. The zero-order valence-electron chi connectivity index (χ0n) is 14.5. The van der Waals surface area contributed by atoms with Gasteiger partial charge < -0.3 is 14.6 Å². The minimum Gasteiger partial charge on any atom is -0.435 e. The summed E-state index contributed by atoms with van der Waals surface area (Å²) in [5.74, 6) is 0.581. The van der Waals surface area contributed by atoms with E-state index >= 15 is 0 Å². The molecule has 2 atom stereocenters. The van der Waals surface area contributed by atoms with Crippen LogP contribution in [0, 0.1) is 5.92 Å². The Balaban J connectivity index is 1.92. The molecule has 1 saturated carbocycles. The number of imide groups is 1. The van der Waals surface area contributed by atoms with Gasteiger partial charge in [-0.25, -0.2) is 0 Å². The Bertz CT molecular complexity index is 439. The van der Waals surface area contributed by atoms with Crippen LogP contribution in [0.15, 0.2) is 0 Å². The molecule has 0 aromatic rings. The van der Waals surface area contributed by atoms with Crippen molar-refractivity contribution in [2.75, 3.05) is 19.7 Å². The molecule has 2 rings (SSSR count). The van der Waals surface area contributed by atoms with Crippen molar-refractivity contribution in [2.45, 2.75) is 71.0 Å². The smallest absolute Gasteiger partial charge is 0.435 e. The molecule has 132 valence electrons. The third-order valence-corrected chi connectivity index (χ3v) is 4.75. The third kappa shape index (κ3) is 4.67. The van der Waals surface area contributed by atoms with Crippen molar-refractivity contribution in [3.05, 3.63) is 0 Å². The van der Waals surface area contributed by atoms with E-state index in [0.29, 0.717) is 18.9 Å². The Labute approximate surface area is 138 Å². The average molecular weight is 328 g/mol. The van der Waals surface area contributed by atoms with E-state index in [1.54, 1.807) is 20.8 Å². The zero-order chi connectivity index (χ0) is 17.1. The molecule has 2 amide bonds. The molecule has 6 nitrogen and oxygen atoms in total. The first-order valence-corrected chi connectivity index (χ1v) is 8.69. The standard InChI is InChI=1S/C17H29NO5/c1-17(2,3)23-16(21)18(15(19)20)10-9-14(11-18)22-12-13-7-5-4-6-8-13/h13-14H,4-12H2,1-3H3/p+1/t14-,18?/m1/s1. The summed E-state index contributed by atoms with van der Waals surface area (Å²) in [4.78, 5) is 24.1. The molecule has 0 aromatic carbocycles. The predicted octanol–water partition coefficient (Wildman–Crippen LogP) is 3.79. The lowest BCUT2D eigenvalue weighted by molar-refractivity contribution is -0.774. The van der Waals surface area contributed by atoms with Crippen LogP contribution >= 0.6 is 0 Å². The lowest BCUT2D eigenvalue weighted by Crippen LogP contribution is -2.57. The quantitative estimate of drug-likeness (QED) is 0.798. The van der Waals surface area contributed by atoms with E-state index in [9.17, 15) is 14.7 Å². The predicted molar refractivity (Wildman–Crippen MR) is 85.2 cm³/mol. The van der Waals surface area contributed by atoms with Gasteiger partial charge in [-0.05, 0) is 39.5 Å². The van der Waals surface area contributed by atoms with Crippen LogP contribution in [-0.2, 0) is 9.47 Å². The topological polar surface area (TPSA) is 72.8 Å². The maximum Gasteiger partial charge on any atom is 0.527 e. The molecule has 2 fully saturated rings. The minimum atomic E-state index is -1.15. The van der Waals surface area contributed by atoms with Crippen LogP contribution in [-0.4, -0.2) is 53.2 Å². The lowest BCUT2D eigenvalue weighted by atomic mass is 9.90. The van der Waals surface area contributed by atoms with E-state index in [2.05, 4.69) is 0 Å². The molecule has 1 aliphatic heterocycles. The number of hydrogen-bond donors (Lipinski definition) is 1. The number of carbonyl (C=O) groups excluding carboxylic acids is 1. The fourth-order valence-corrected chi connectivity index (χ4v) is 3.42. The van der Waals surface area contributed by atoms with E-state index in [1.165, 1.54) is 32.1 Å². The van der Waals surface area contributed by atoms with Gasteiger partial charge >= 0.3 is 12.2 Å². The van der Waals surface area contributed by atoms with Gasteiger partial charge in [-0.3, -0.25) is 0 Å². The summed E-state index contributed by atoms with van der Waals surface area (Å²) in [6.07, 6.45) is 4.76. The first-order valence-electron chi connectivity index (χ1n) is 8.69. The number of hydrogen-bond acceptors (Lipinski definition) is 4. The fourth-order valence-electron chi connectivity index (χ4n) is 3.42. The molecule has 1 saturated heterocycles. The zero-order valence-corrected chi connectivity index (χ0v) is 14.5. The minimum absolute atomic E-state index is 0.164. The number of carbonyl (C=O) groups is 2. The Morgan fingerprint density at radius 3 is 2.35 bits per heavy atom. The summed E-state index contributed by atoms with van der Waals surface area (Å²) in [7, 11) is 0. The summed E-state index contributed by atoms with van der Waals surface area (Å²) in [5, 5.41) is 9.58. The maximum atomic E-state index is 12.4. The monoisotopic (exact) mass is 328 g/mol. The molecule has 2 aliphatic rings. The number of ether oxygens (including phenoxy) is 2. The van der Waals surface area contributed by atoms with Gasteiger partial charge in [0, 0.05) is 6.42 Å². The molecule has 1 N–H and O–H groups in total. The van der Waals surface area contributed by atoms with Crippen LogP contribution in [0.4, 0.5) is 9.59 Å². The van der Waals surface area contributed by atoms with Crippen molar-refractivity contribution in [3.63, 3.8) is 0 Å². The lowest BCUT2D eigenvalue weighted by Gasteiger charge is -2.28. The van der Waals surface area contributed by atoms with E-state index in [0.717, 1.165) is 0 Å². The summed E-state index contributed by atoms with van der Waals surface area (Å²) < 4.78 is 10.6. The van der Waals surface area contributed by atoms with Crippen LogP contribution in [0.1, 0.15) is 59.3 Å². The number of rotatable bonds is 3. The average Bonchev–Trinajstić information content (AvgIpc) is 2.90. The van der Waals surface area contributed by atoms with Crippen LogP contribution < -0.4 is 0 Å². The molecule has 1 unspecified atom stereocenters. The normalized spacial score (nSPS) is 29.4. The van der Waals surface area contributed by atoms with Crippen molar-refractivity contribution < 1.29 is 28.7 Å². The van der Waals surface area contributed by atoms with E-state index in [4.69, 9.17) is 9.47 Å². The highest BCUT2D eigenvalue weighted by molar-refractivity contribution is 5.75. The third-order valence-electron chi connectivity index (χ3n) is 4.75. The van der Waals surface area contributed by atoms with Crippen molar-refractivity contribution in [1.82, 2.24) is 0 Å². The second-order valence-electron chi connectivity index (χ2n) is 7.89. The second kappa shape index (κ2) is 7.18. The molecule has 6 heteroatoms. The van der Waals surface area contributed by atoms with Gasteiger partial charge in [0.15, 0.2) is 0 Å². The van der Waals surface area contributed by atoms with Gasteiger partial charge in [-0.2, -0.15) is 9.59 Å². The fraction of sp³-hybridized carbons (Fsp3) is 0.882. The number of amides is 2. The number of quaternary nitrogens is 1.